The van der Waals surface area contributed by atoms with E-state index in [-0.39, 0.29) is 37.3 Å². The van der Waals surface area contributed by atoms with Crippen LogP contribution >= 0.6 is 0 Å². The number of aromatic nitrogens is 2. The van der Waals surface area contributed by atoms with E-state index in [1.54, 1.807) is 0 Å². The predicted molar refractivity (Wildman–Crippen MR) is 243 cm³/mol. The van der Waals surface area contributed by atoms with E-state index in [4.69, 9.17) is 9.72 Å². The maximum atomic E-state index is 6.59. The van der Waals surface area contributed by atoms with Gasteiger partial charge in [0.05, 0.1) is 0 Å². The van der Waals surface area contributed by atoms with Crippen molar-refractivity contribution in [1.29, 1.82) is 0 Å². The summed E-state index contributed by atoms with van der Waals surface area (Å²) in [5, 5.41) is 2.22. The Bertz CT molecular complexity index is 2830. The fourth-order valence-electron chi connectivity index (χ4n) is 8.26. The summed E-state index contributed by atoms with van der Waals surface area (Å²) in [6, 6.07) is 60.4. The number of nitrogens with zero attached hydrogens (tertiary/aromatic N) is 4. The zero-order chi connectivity index (χ0) is 40.9. The van der Waals surface area contributed by atoms with E-state index in [9.17, 15) is 0 Å². The minimum absolute atomic E-state index is 0. The number of anilines is 2. The normalized spacial score (nSPS) is 13.4. The van der Waals surface area contributed by atoms with Crippen LogP contribution in [0.5, 0.6) is 11.5 Å². The molecule has 6 heteroatoms. The number of fused-ring (bicyclic) bond motifs is 3. The Morgan fingerprint density at radius 3 is 1.88 bits per heavy atom. The molecule has 0 amide bonds. The zero-order valence-corrected chi connectivity index (χ0v) is 37.5. The first kappa shape index (κ1) is 40.9. The molecule has 0 atom stereocenters. The molecule has 0 bridgehead atoms. The molecule has 0 unspecified atom stereocenters. The van der Waals surface area contributed by atoms with Crippen LogP contribution in [0.3, 0.4) is 0 Å². The molecule has 3 heterocycles. The van der Waals surface area contributed by atoms with Crippen molar-refractivity contribution in [3.05, 3.63) is 211 Å². The van der Waals surface area contributed by atoms with Crippen LogP contribution in [-0.4, -0.2) is 9.55 Å². The average molecular weight is 965 g/mol. The van der Waals surface area contributed by atoms with Gasteiger partial charge in [-0.15, -0.1) is 48.1 Å². The monoisotopic (exact) mass is 964 g/mol. The smallest absolute Gasteiger partial charge is 0.135 e. The SMILES string of the molecule is CC(C)(C)C1=CN(c2[c-]c(Oc3[c-]c4c(cc3)c3ccccc3n4-c3cc(C(C)(C)c4ccccc4)ccn3)ccc2)[CH-]N1c1cccc(C(C)(C)c2ccccc2)c1.[Pt]. The van der Waals surface area contributed by atoms with Gasteiger partial charge < -0.3 is 19.1 Å². The second-order valence-electron chi connectivity index (χ2n) is 17.5. The van der Waals surface area contributed by atoms with Gasteiger partial charge >= 0.3 is 0 Å². The standard InChI is InChI=1S/C54H49N4O.Pt/c1-52(2,3)50-36-56(37-57(50)43-24-16-22-40(32-43)53(4,5)38-18-10-8-11-19-38)42-23-17-25-44(34-42)59-45-28-29-47-46-26-14-15-27-48(46)58(49(47)35-45)51-33-41(30-31-55-51)54(6,7)39-20-12-9-13-21-39;/h8-33,36-37H,1-7H3;/q-3;. The summed E-state index contributed by atoms with van der Waals surface area (Å²) in [5.74, 6) is 2.05. The molecule has 60 heavy (non-hydrogen) atoms. The molecule has 0 fully saturated rings. The summed E-state index contributed by atoms with van der Waals surface area (Å²) >= 11 is 0. The zero-order valence-electron chi connectivity index (χ0n) is 35.2. The first-order valence-electron chi connectivity index (χ1n) is 20.4. The molecule has 0 saturated carbocycles. The van der Waals surface area contributed by atoms with Crippen molar-refractivity contribution in [3.63, 3.8) is 0 Å². The Hall–Kier alpha value is -5.90. The second kappa shape index (κ2) is 15.9. The van der Waals surface area contributed by atoms with Crippen LogP contribution in [0.15, 0.2) is 170 Å². The largest absolute Gasteiger partial charge is 0.509 e. The van der Waals surface area contributed by atoms with Gasteiger partial charge in [0.2, 0.25) is 0 Å². The van der Waals surface area contributed by atoms with Crippen LogP contribution in [0, 0.1) is 24.2 Å². The summed E-state index contributed by atoms with van der Waals surface area (Å²) in [7, 11) is 0. The fourth-order valence-corrected chi connectivity index (χ4v) is 8.26. The van der Waals surface area contributed by atoms with E-state index in [2.05, 4.69) is 221 Å². The number of hydrogen-bond acceptors (Lipinski definition) is 4. The fraction of sp³-hybridized carbons (Fsp3) is 0.185. The molecule has 6 aromatic carbocycles. The van der Waals surface area contributed by atoms with Crippen LogP contribution in [-0.2, 0) is 31.9 Å². The molecule has 0 aliphatic carbocycles. The maximum Gasteiger partial charge on any atom is 0.135 e. The first-order valence-corrected chi connectivity index (χ1v) is 20.4. The van der Waals surface area contributed by atoms with Crippen LogP contribution < -0.4 is 14.5 Å². The van der Waals surface area contributed by atoms with Crippen molar-refractivity contribution in [3.8, 4) is 17.3 Å². The first-order chi connectivity index (χ1) is 28.4. The topological polar surface area (TPSA) is 33.5 Å². The number of ether oxygens (including phenoxy) is 1. The van der Waals surface area contributed by atoms with E-state index < -0.39 is 0 Å². The summed E-state index contributed by atoms with van der Waals surface area (Å²) in [6.45, 7) is 18.0. The summed E-state index contributed by atoms with van der Waals surface area (Å²) in [6.07, 6.45) is 4.12. The molecule has 0 N–H and O–H groups in total. The van der Waals surface area contributed by atoms with Crippen LogP contribution in [0.1, 0.15) is 70.7 Å². The molecule has 1 aliphatic rings. The van der Waals surface area contributed by atoms with E-state index >= 15 is 0 Å². The number of hydrogen-bond donors (Lipinski definition) is 0. The van der Waals surface area contributed by atoms with Crippen molar-refractivity contribution >= 4 is 33.2 Å². The van der Waals surface area contributed by atoms with Crippen molar-refractivity contribution in [2.45, 2.75) is 59.3 Å². The molecular weight excluding hydrogens is 916 g/mol. The molecule has 2 aromatic heterocycles. The van der Waals surface area contributed by atoms with Gasteiger partial charge in [0.1, 0.15) is 5.82 Å². The summed E-state index contributed by atoms with van der Waals surface area (Å²) in [4.78, 5) is 9.36. The Kier molecular flexibility index (Phi) is 10.9. The molecule has 9 rings (SSSR count). The van der Waals surface area contributed by atoms with Gasteiger partial charge in [-0.25, -0.2) is 4.98 Å². The molecule has 0 radical (unpaired) electrons. The van der Waals surface area contributed by atoms with Gasteiger partial charge in [-0.1, -0.05) is 145 Å². The average Bonchev–Trinajstić information content (AvgIpc) is 3.86. The van der Waals surface area contributed by atoms with Crippen molar-refractivity contribution < 1.29 is 25.8 Å². The van der Waals surface area contributed by atoms with Gasteiger partial charge in [0.25, 0.3) is 0 Å². The molecule has 1 aliphatic heterocycles. The predicted octanol–water partition coefficient (Wildman–Crippen LogP) is 13.6. The molecule has 0 saturated heterocycles. The van der Waals surface area contributed by atoms with Crippen molar-refractivity contribution in [2.75, 3.05) is 9.80 Å². The second-order valence-corrected chi connectivity index (χ2v) is 17.5. The van der Waals surface area contributed by atoms with Gasteiger partial charge in [0, 0.05) is 71.9 Å². The number of rotatable bonds is 9. The van der Waals surface area contributed by atoms with Gasteiger partial charge in [-0.2, -0.15) is 12.1 Å². The third-order valence-corrected chi connectivity index (χ3v) is 11.9. The van der Waals surface area contributed by atoms with E-state index in [1.165, 1.54) is 28.0 Å². The third-order valence-electron chi connectivity index (χ3n) is 11.9. The number of benzene rings is 6. The maximum absolute atomic E-state index is 6.59. The van der Waals surface area contributed by atoms with Crippen LogP contribution in [0.4, 0.5) is 11.4 Å². The van der Waals surface area contributed by atoms with E-state index in [0.717, 1.165) is 39.0 Å². The quantitative estimate of drug-likeness (QED) is 0.135. The van der Waals surface area contributed by atoms with Crippen LogP contribution in [0.25, 0.3) is 27.6 Å². The molecule has 8 aromatic rings. The number of para-hydroxylation sites is 1. The van der Waals surface area contributed by atoms with E-state index in [0.29, 0.717) is 11.5 Å². The Morgan fingerprint density at radius 1 is 0.567 bits per heavy atom. The Balaban J connectivity index is 0.00000499. The molecule has 5 nitrogen and oxygen atoms in total. The molecular formula is C54H49N4OPt-3. The summed E-state index contributed by atoms with van der Waals surface area (Å²) < 4.78 is 8.79. The third kappa shape index (κ3) is 7.56. The van der Waals surface area contributed by atoms with Crippen LogP contribution in [0.2, 0.25) is 0 Å². The van der Waals surface area contributed by atoms with Crippen molar-refractivity contribution in [2.24, 2.45) is 5.41 Å². The van der Waals surface area contributed by atoms with Crippen molar-refractivity contribution in [1.82, 2.24) is 9.55 Å². The van der Waals surface area contributed by atoms with Gasteiger partial charge in [0.15, 0.2) is 0 Å². The Morgan fingerprint density at radius 2 is 1.18 bits per heavy atom. The Labute approximate surface area is 369 Å². The number of allylic oxidation sites excluding steroid dienone is 1. The minimum atomic E-state index is -0.216. The number of pyridine rings is 1. The van der Waals surface area contributed by atoms with Gasteiger partial charge in [-0.3, -0.25) is 0 Å². The minimum Gasteiger partial charge on any atom is -0.509 e. The molecule has 0 spiro atoms. The summed E-state index contributed by atoms with van der Waals surface area (Å²) in [5.41, 5.74) is 9.63. The van der Waals surface area contributed by atoms with E-state index in [1.807, 2.05) is 24.4 Å². The van der Waals surface area contributed by atoms with Gasteiger partial charge in [-0.05, 0) is 64.2 Å². The molecule has 304 valence electrons.